The highest BCUT2D eigenvalue weighted by Crippen LogP contribution is 2.38. The van der Waals surface area contributed by atoms with Crippen LogP contribution in [0.3, 0.4) is 0 Å². The minimum absolute atomic E-state index is 0.156. The molecular formula is C13H11Cl2N3O2. The minimum atomic E-state index is -0.423. The molecule has 0 aromatic carbocycles. The summed E-state index contributed by atoms with van der Waals surface area (Å²) in [4.78, 5) is 21.0. The number of aromatic nitrogens is 1. The number of ether oxygens (including phenoxy) is 1. The van der Waals surface area contributed by atoms with Gasteiger partial charge in [0.1, 0.15) is 6.04 Å². The highest BCUT2D eigenvalue weighted by Gasteiger charge is 2.39. The van der Waals surface area contributed by atoms with Crippen molar-refractivity contribution in [2.24, 2.45) is 4.99 Å². The van der Waals surface area contributed by atoms with Gasteiger partial charge in [-0.25, -0.2) is 4.99 Å². The van der Waals surface area contributed by atoms with Gasteiger partial charge in [0, 0.05) is 24.5 Å². The van der Waals surface area contributed by atoms with E-state index in [0.29, 0.717) is 22.2 Å². The van der Waals surface area contributed by atoms with Crippen LogP contribution in [-0.4, -0.2) is 41.3 Å². The first kappa shape index (κ1) is 13.4. The number of hydrogen-bond donors (Lipinski definition) is 0. The summed E-state index contributed by atoms with van der Waals surface area (Å²) in [6, 6.07) is -0.423. The number of carbonyl (C=O) groups is 1. The van der Waals surface area contributed by atoms with Crippen LogP contribution < -0.4 is 0 Å². The van der Waals surface area contributed by atoms with Gasteiger partial charge in [-0.2, -0.15) is 0 Å². The Hall–Kier alpha value is -1.59. The summed E-state index contributed by atoms with van der Waals surface area (Å²) in [7, 11) is 0. The molecule has 1 aromatic heterocycles. The van der Waals surface area contributed by atoms with Crippen LogP contribution in [0, 0.1) is 0 Å². The highest BCUT2D eigenvalue weighted by molar-refractivity contribution is 6.35. The molecule has 3 atom stereocenters. The standard InChI is InChI=1S/C13H11Cl2N3O2/c14-8-4-16-5-9(15)11(8)13-12(17-6-20-13)10-2-1-3-18(10)7-19/h1-2,4-7,10,12-13H,3H2. The number of amides is 1. The van der Waals surface area contributed by atoms with Crippen LogP contribution in [0.4, 0.5) is 0 Å². The zero-order chi connectivity index (χ0) is 14.1. The second-order valence-corrected chi connectivity index (χ2v) is 5.35. The average molecular weight is 312 g/mol. The van der Waals surface area contributed by atoms with Crippen molar-refractivity contribution in [1.82, 2.24) is 9.88 Å². The molecule has 0 aliphatic carbocycles. The second-order valence-electron chi connectivity index (χ2n) is 4.54. The van der Waals surface area contributed by atoms with Crippen LogP contribution in [0.25, 0.3) is 0 Å². The topological polar surface area (TPSA) is 54.8 Å². The van der Waals surface area contributed by atoms with Gasteiger partial charge in [0.2, 0.25) is 6.41 Å². The van der Waals surface area contributed by atoms with Crippen LogP contribution in [0.5, 0.6) is 0 Å². The lowest BCUT2D eigenvalue weighted by atomic mass is 9.97. The van der Waals surface area contributed by atoms with Gasteiger partial charge in [-0.1, -0.05) is 35.4 Å². The fraction of sp³-hybridized carbons (Fsp3) is 0.308. The summed E-state index contributed by atoms with van der Waals surface area (Å²) in [5.41, 5.74) is 0.650. The van der Waals surface area contributed by atoms with Gasteiger partial charge in [-0.3, -0.25) is 9.78 Å². The van der Waals surface area contributed by atoms with Crippen LogP contribution in [0.1, 0.15) is 11.7 Å². The van der Waals surface area contributed by atoms with Crippen molar-refractivity contribution in [1.29, 1.82) is 0 Å². The number of aliphatic imine (C=N–C) groups is 1. The summed E-state index contributed by atoms with van der Waals surface area (Å²) in [6.45, 7) is 0.574. The first-order chi connectivity index (χ1) is 9.72. The zero-order valence-electron chi connectivity index (χ0n) is 10.3. The molecule has 1 amide bonds. The third kappa shape index (κ3) is 2.17. The molecule has 3 heterocycles. The van der Waals surface area contributed by atoms with E-state index < -0.39 is 6.10 Å². The van der Waals surface area contributed by atoms with Crippen molar-refractivity contribution >= 4 is 36.0 Å². The van der Waals surface area contributed by atoms with Crippen LogP contribution in [0.2, 0.25) is 10.0 Å². The monoisotopic (exact) mass is 311 g/mol. The normalized spacial score (nSPS) is 27.9. The molecule has 7 heteroatoms. The molecule has 5 nitrogen and oxygen atoms in total. The van der Waals surface area contributed by atoms with Crippen molar-refractivity contribution in [2.75, 3.05) is 6.54 Å². The Morgan fingerprint density at radius 1 is 1.35 bits per heavy atom. The number of pyridine rings is 1. The molecule has 2 aliphatic rings. The molecule has 0 saturated heterocycles. The van der Waals surface area contributed by atoms with Crippen LogP contribution in [-0.2, 0) is 9.53 Å². The first-order valence-corrected chi connectivity index (χ1v) is 6.81. The van der Waals surface area contributed by atoms with E-state index in [4.69, 9.17) is 27.9 Å². The van der Waals surface area contributed by atoms with E-state index in [0.717, 1.165) is 6.41 Å². The molecule has 104 valence electrons. The van der Waals surface area contributed by atoms with Gasteiger partial charge in [-0.05, 0) is 0 Å². The van der Waals surface area contributed by atoms with Gasteiger partial charge in [0.25, 0.3) is 0 Å². The molecule has 0 fully saturated rings. The largest absolute Gasteiger partial charge is 0.473 e. The molecule has 2 aliphatic heterocycles. The molecule has 0 saturated carbocycles. The number of rotatable bonds is 3. The summed E-state index contributed by atoms with van der Waals surface area (Å²) >= 11 is 12.3. The molecule has 1 aromatic rings. The number of nitrogens with zero attached hydrogens (tertiary/aromatic N) is 3. The lowest BCUT2D eigenvalue weighted by Crippen LogP contribution is -2.39. The molecule has 0 N–H and O–H groups in total. The van der Waals surface area contributed by atoms with E-state index in [1.807, 2.05) is 12.2 Å². The summed E-state index contributed by atoms with van der Waals surface area (Å²) in [5.74, 6) is 0. The molecule has 0 spiro atoms. The van der Waals surface area contributed by atoms with Gasteiger partial charge in [0.15, 0.2) is 12.5 Å². The molecule has 0 radical (unpaired) electrons. The predicted molar refractivity (Wildman–Crippen MR) is 76.1 cm³/mol. The smallest absolute Gasteiger partial charge is 0.210 e. The van der Waals surface area contributed by atoms with E-state index in [1.165, 1.54) is 18.8 Å². The quantitative estimate of drug-likeness (QED) is 0.635. The fourth-order valence-corrected chi connectivity index (χ4v) is 3.09. The third-order valence-corrected chi connectivity index (χ3v) is 4.05. The fourth-order valence-electron chi connectivity index (χ4n) is 2.51. The Bertz CT molecular complexity index is 571. The highest BCUT2D eigenvalue weighted by atomic mass is 35.5. The lowest BCUT2D eigenvalue weighted by molar-refractivity contribution is -0.119. The second kappa shape index (κ2) is 5.42. The first-order valence-electron chi connectivity index (χ1n) is 6.06. The van der Waals surface area contributed by atoms with Crippen LogP contribution in [0.15, 0.2) is 29.5 Å². The minimum Gasteiger partial charge on any atom is -0.473 e. The Morgan fingerprint density at radius 3 is 2.80 bits per heavy atom. The van der Waals surface area contributed by atoms with E-state index in [2.05, 4.69) is 9.98 Å². The van der Waals surface area contributed by atoms with Crippen molar-refractivity contribution in [3.8, 4) is 0 Å². The Morgan fingerprint density at radius 2 is 2.10 bits per heavy atom. The van der Waals surface area contributed by atoms with Crippen LogP contribution >= 0.6 is 23.2 Å². The van der Waals surface area contributed by atoms with E-state index >= 15 is 0 Å². The van der Waals surface area contributed by atoms with Gasteiger partial charge < -0.3 is 9.64 Å². The van der Waals surface area contributed by atoms with Crippen molar-refractivity contribution in [3.05, 3.63) is 40.2 Å². The molecular weight excluding hydrogens is 301 g/mol. The number of halogens is 2. The predicted octanol–water partition coefficient (Wildman–Crippen LogP) is 2.25. The van der Waals surface area contributed by atoms with Crippen molar-refractivity contribution < 1.29 is 9.53 Å². The number of carbonyl (C=O) groups excluding carboxylic acids is 1. The zero-order valence-corrected chi connectivity index (χ0v) is 11.8. The van der Waals surface area contributed by atoms with Crippen molar-refractivity contribution in [3.63, 3.8) is 0 Å². The van der Waals surface area contributed by atoms with Gasteiger partial charge in [-0.15, -0.1) is 0 Å². The number of hydrogen-bond acceptors (Lipinski definition) is 4. The molecule has 3 rings (SSSR count). The maximum absolute atomic E-state index is 11.1. The lowest BCUT2D eigenvalue weighted by Gasteiger charge is -2.28. The maximum Gasteiger partial charge on any atom is 0.210 e. The summed E-state index contributed by atoms with van der Waals surface area (Å²) in [5, 5.41) is 0.857. The summed E-state index contributed by atoms with van der Waals surface area (Å²) in [6.07, 6.45) is 8.68. The maximum atomic E-state index is 11.1. The van der Waals surface area contributed by atoms with Gasteiger partial charge >= 0.3 is 0 Å². The molecule has 20 heavy (non-hydrogen) atoms. The molecule has 0 bridgehead atoms. The van der Waals surface area contributed by atoms with E-state index in [-0.39, 0.29) is 12.1 Å². The Balaban J connectivity index is 1.94. The summed E-state index contributed by atoms with van der Waals surface area (Å²) < 4.78 is 5.55. The molecule has 3 unspecified atom stereocenters. The van der Waals surface area contributed by atoms with E-state index in [9.17, 15) is 4.79 Å². The Kier molecular flexibility index (Phi) is 3.63. The average Bonchev–Trinajstić information content (AvgIpc) is 3.06. The van der Waals surface area contributed by atoms with Gasteiger partial charge in [0.05, 0.1) is 16.1 Å². The Labute approximate surface area is 125 Å². The third-order valence-electron chi connectivity index (χ3n) is 3.44. The SMILES string of the molecule is O=CN1CC=CC1C1N=COC1c1c(Cl)cncc1Cl. The van der Waals surface area contributed by atoms with Crippen molar-refractivity contribution in [2.45, 2.75) is 18.2 Å². The van der Waals surface area contributed by atoms with E-state index in [1.54, 1.807) is 4.90 Å².